The summed E-state index contributed by atoms with van der Waals surface area (Å²) in [6.45, 7) is -3.03. The molecule has 5 nitrogen and oxygen atoms in total. The molecule has 0 atom stereocenters. The van der Waals surface area contributed by atoms with Gasteiger partial charge in [0.2, 0.25) is 5.75 Å². The topological polar surface area (TPSA) is 79.7 Å². The van der Waals surface area contributed by atoms with Crippen LogP contribution >= 0.6 is 24.8 Å². The summed E-state index contributed by atoms with van der Waals surface area (Å²) in [6, 6.07) is 1.37. The highest BCUT2D eigenvalue weighted by Crippen LogP contribution is 2.45. The molecule has 0 aromatic heterocycles. The van der Waals surface area contributed by atoms with E-state index in [2.05, 4.69) is 4.74 Å². The Morgan fingerprint density at radius 2 is 1.61 bits per heavy atom. The minimum Gasteiger partial charge on any atom is -0.493 e. The molecule has 1 aromatic carbocycles. The molecule has 18 heavy (non-hydrogen) atoms. The van der Waals surface area contributed by atoms with Gasteiger partial charge in [-0.2, -0.15) is 8.78 Å². The second kappa shape index (κ2) is 7.88. The first kappa shape index (κ1) is 19.0. The molecule has 0 amide bonds. The van der Waals surface area contributed by atoms with Crippen molar-refractivity contribution in [3.8, 4) is 17.2 Å². The molecule has 4 N–H and O–H groups in total. The summed E-state index contributed by atoms with van der Waals surface area (Å²) in [4.78, 5) is 0. The highest BCUT2D eigenvalue weighted by molar-refractivity contribution is 5.85. The van der Waals surface area contributed by atoms with Crippen molar-refractivity contribution in [2.45, 2.75) is 6.61 Å². The van der Waals surface area contributed by atoms with Crippen molar-refractivity contribution in [3.63, 3.8) is 0 Å². The van der Waals surface area contributed by atoms with Crippen LogP contribution in [0.3, 0.4) is 0 Å². The molecular formula is C9H14Cl2F2N2O3. The van der Waals surface area contributed by atoms with E-state index in [9.17, 15) is 8.78 Å². The monoisotopic (exact) mass is 306 g/mol. The zero-order valence-corrected chi connectivity index (χ0v) is 11.2. The van der Waals surface area contributed by atoms with E-state index in [0.717, 1.165) is 0 Å². The van der Waals surface area contributed by atoms with Gasteiger partial charge in [-0.1, -0.05) is 0 Å². The zero-order valence-electron chi connectivity index (χ0n) is 9.61. The van der Waals surface area contributed by atoms with Crippen molar-refractivity contribution in [1.82, 2.24) is 0 Å². The predicted octanol–water partition coefficient (Wildman–Crippen LogP) is 2.31. The van der Waals surface area contributed by atoms with Crippen molar-refractivity contribution in [1.29, 1.82) is 0 Å². The number of ether oxygens (including phenoxy) is 3. The molecule has 0 radical (unpaired) electrons. The van der Waals surface area contributed by atoms with Crippen LogP contribution < -0.4 is 25.7 Å². The number of methoxy groups -OCH3 is 2. The largest absolute Gasteiger partial charge is 0.493 e. The van der Waals surface area contributed by atoms with Gasteiger partial charge < -0.3 is 25.7 Å². The second-order valence-electron chi connectivity index (χ2n) is 2.82. The number of rotatable bonds is 4. The Morgan fingerprint density at radius 3 is 2.00 bits per heavy atom. The minimum absolute atomic E-state index is 0. The van der Waals surface area contributed by atoms with E-state index >= 15 is 0 Å². The molecule has 0 aliphatic rings. The second-order valence-corrected chi connectivity index (χ2v) is 2.82. The van der Waals surface area contributed by atoms with Gasteiger partial charge in [0.15, 0.2) is 11.5 Å². The number of anilines is 2. The Kier molecular flexibility index (Phi) is 8.33. The standard InChI is InChI=1S/C9H12F2N2O3.2ClH/c1-14-5-3-4(12)6(13)8(7(5)15-2)16-9(10)11;;/h3,9H,12-13H2,1-2H3;2*1H. The smallest absolute Gasteiger partial charge is 0.387 e. The molecule has 0 heterocycles. The molecule has 0 saturated carbocycles. The van der Waals surface area contributed by atoms with E-state index < -0.39 is 6.61 Å². The lowest BCUT2D eigenvalue weighted by molar-refractivity contribution is -0.0507. The van der Waals surface area contributed by atoms with Crippen LogP contribution in [0.25, 0.3) is 0 Å². The molecule has 9 heteroatoms. The molecule has 0 bridgehead atoms. The maximum absolute atomic E-state index is 12.2. The number of hydrogen-bond donors (Lipinski definition) is 2. The number of nitrogens with two attached hydrogens (primary N) is 2. The molecule has 0 spiro atoms. The quantitative estimate of drug-likeness (QED) is 0.834. The molecule has 1 rings (SSSR count). The maximum atomic E-state index is 12.2. The average molecular weight is 307 g/mol. The van der Waals surface area contributed by atoms with Crippen LogP contribution in [0.5, 0.6) is 17.2 Å². The van der Waals surface area contributed by atoms with Gasteiger partial charge >= 0.3 is 6.61 Å². The molecule has 106 valence electrons. The number of halogens is 4. The maximum Gasteiger partial charge on any atom is 0.387 e. The first-order valence-corrected chi connectivity index (χ1v) is 4.26. The third-order valence-electron chi connectivity index (χ3n) is 1.90. The third-order valence-corrected chi connectivity index (χ3v) is 1.90. The van der Waals surface area contributed by atoms with E-state index in [4.69, 9.17) is 20.9 Å². The summed E-state index contributed by atoms with van der Waals surface area (Å²) in [6.07, 6.45) is 0. The Labute approximate surface area is 115 Å². The molecule has 0 aliphatic heterocycles. The number of hydrogen-bond acceptors (Lipinski definition) is 5. The summed E-state index contributed by atoms with van der Waals surface area (Å²) >= 11 is 0. The first-order valence-electron chi connectivity index (χ1n) is 4.26. The van der Waals surface area contributed by atoms with Gasteiger partial charge in [-0.15, -0.1) is 24.8 Å². The van der Waals surface area contributed by atoms with Crippen LogP contribution in [-0.2, 0) is 0 Å². The zero-order chi connectivity index (χ0) is 12.3. The lowest BCUT2D eigenvalue weighted by Crippen LogP contribution is -2.08. The van der Waals surface area contributed by atoms with Gasteiger partial charge in [-0.25, -0.2) is 0 Å². The van der Waals surface area contributed by atoms with Gasteiger partial charge in [0.05, 0.1) is 19.9 Å². The van der Waals surface area contributed by atoms with Crippen LogP contribution in [0.15, 0.2) is 6.07 Å². The molecular weight excluding hydrogens is 293 g/mol. The Morgan fingerprint density at radius 1 is 1.06 bits per heavy atom. The minimum atomic E-state index is -3.03. The normalized spacial score (nSPS) is 9.17. The highest BCUT2D eigenvalue weighted by atomic mass is 35.5. The fraction of sp³-hybridized carbons (Fsp3) is 0.333. The van der Waals surface area contributed by atoms with Gasteiger partial charge in [0, 0.05) is 6.07 Å². The van der Waals surface area contributed by atoms with E-state index in [-0.39, 0.29) is 53.4 Å². The van der Waals surface area contributed by atoms with Gasteiger partial charge in [0.25, 0.3) is 0 Å². The third kappa shape index (κ3) is 3.85. The fourth-order valence-corrected chi connectivity index (χ4v) is 1.20. The van der Waals surface area contributed by atoms with Crippen molar-refractivity contribution in [2.24, 2.45) is 0 Å². The van der Waals surface area contributed by atoms with Crippen LogP contribution in [0, 0.1) is 0 Å². The van der Waals surface area contributed by atoms with E-state index in [0.29, 0.717) is 0 Å². The lowest BCUT2D eigenvalue weighted by atomic mass is 10.2. The van der Waals surface area contributed by atoms with Crippen LogP contribution in [-0.4, -0.2) is 20.8 Å². The van der Waals surface area contributed by atoms with Crippen LogP contribution in [0.2, 0.25) is 0 Å². The van der Waals surface area contributed by atoms with E-state index in [1.165, 1.54) is 20.3 Å². The average Bonchev–Trinajstić information content (AvgIpc) is 2.23. The summed E-state index contributed by atoms with van der Waals surface area (Å²) < 4.78 is 38.4. The van der Waals surface area contributed by atoms with Crippen LogP contribution in [0.4, 0.5) is 20.2 Å². The van der Waals surface area contributed by atoms with Crippen molar-refractivity contribution in [2.75, 3.05) is 25.7 Å². The van der Waals surface area contributed by atoms with E-state index in [1.807, 2.05) is 0 Å². The number of benzene rings is 1. The molecule has 1 aromatic rings. The van der Waals surface area contributed by atoms with E-state index in [1.54, 1.807) is 0 Å². The SMILES string of the molecule is COc1cc(N)c(N)c(OC(F)F)c1OC.Cl.Cl. The highest BCUT2D eigenvalue weighted by Gasteiger charge is 2.20. The number of alkyl halides is 2. The van der Waals surface area contributed by atoms with Gasteiger partial charge in [0.1, 0.15) is 5.69 Å². The molecule has 0 unspecified atom stereocenters. The summed E-state index contributed by atoms with van der Waals surface area (Å²) in [7, 11) is 2.63. The summed E-state index contributed by atoms with van der Waals surface area (Å²) in [5, 5.41) is 0. The molecule has 0 saturated heterocycles. The Balaban J connectivity index is 0. The first-order chi connectivity index (χ1) is 7.51. The van der Waals surface area contributed by atoms with Gasteiger partial charge in [-0.05, 0) is 0 Å². The number of nitrogen functional groups attached to an aromatic ring is 2. The summed E-state index contributed by atoms with van der Waals surface area (Å²) in [5.74, 6) is -0.172. The van der Waals surface area contributed by atoms with Crippen molar-refractivity contribution >= 4 is 36.2 Å². The van der Waals surface area contributed by atoms with Crippen molar-refractivity contribution in [3.05, 3.63) is 6.07 Å². The lowest BCUT2D eigenvalue weighted by Gasteiger charge is -2.16. The predicted molar refractivity (Wildman–Crippen MR) is 69.5 cm³/mol. The van der Waals surface area contributed by atoms with Crippen molar-refractivity contribution < 1.29 is 23.0 Å². The van der Waals surface area contributed by atoms with Crippen LogP contribution in [0.1, 0.15) is 0 Å². The molecule has 0 fully saturated rings. The summed E-state index contributed by atoms with van der Waals surface area (Å²) in [5.41, 5.74) is 11.0. The van der Waals surface area contributed by atoms with Gasteiger partial charge in [-0.3, -0.25) is 0 Å². The Hall–Kier alpha value is -1.34. The Bertz CT molecular complexity index is 395. The fourth-order valence-electron chi connectivity index (χ4n) is 1.20. The molecule has 0 aliphatic carbocycles.